The standard InChI is InChI=1S/C13H23NO2/c1-10-7-8-14-12(10)13(15)16-9-11-5-3-2-4-6-11/h10-12,14H,2-9H2,1H3. The van der Waals surface area contributed by atoms with Gasteiger partial charge in [-0.15, -0.1) is 0 Å². The molecule has 3 heteroatoms. The fourth-order valence-electron chi connectivity index (χ4n) is 2.79. The molecule has 0 aromatic carbocycles. The Balaban J connectivity index is 1.70. The number of carbonyl (C=O) groups is 1. The van der Waals surface area contributed by atoms with Crippen LogP contribution in [0.15, 0.2) is 0 Å². The van der Waals surface area contributed by atoms with Gasteiger partial charge in [-0.3, -0.25) is 4.79 Å². The molecule has 1 aliphatic carbocycles. The first-order chi connectivity index (χ1) is 7.77. The number of ether oxygens (including phenoxy) is 1. The summed E-state index contributed by atoms with van der Waals surface area (Å²) in [6, 6.07) is -0.0522. The van der Waals surface area contributed by atoms with Crippen LogP contribution in [0.25, 0.3) is 0 Å². The largest absolute Gasteiger partial charge is 0.464 e. The Morgan fingerprint density at radius 3 is 2.62 bits per heavy atom. The molecule has 0 radical (unpaired) electrons. The molecular weight excluding hydrogens is 202 g/mol. The van der Waals surface area contributed by atoms with Crippen LogP contribution >= 0.6 is 0 Å². The summed E-state index contributed by atoms with van der Waals surface area (Å²) in [5.74, 6) is 1.02. The van der Waals surface area contributed by atoms with Crippen molar-refractivity contribution in [3.05, 3.63) is 0 Å². The number of hydrogen-bond donors (Lipinski definition) is 1. The van der Waals surface area contributed by atoms with Gasteiger partial charge in [-0.2, -0.15) is 0 Å². The van der Waals surface area contributed by atoms with E-state index in [-0.39, 0.29) is 12.0 Å². The van der Waals surface area contributed by atoms with E-state index in [4.69, 9.17) is 4.74 Å². The molecule has 1 saturated carbocycles. The Hall–Kier alpha value is -0.570. The van der Waals surface area contributed by atoms with Crippen LogP contribution in [-0.4, -0.2) is 25.2 Å². The molecule has 0 aromatic heterocycles. The van der Waals surface area contributed by atoms with Gasteiger partial charge < -0.3 is 10.1 Å². The molecule has 0 amide bonds. The Bertz CT molecular complexity index is 236. The molecule has 0 spiro atoms. The van der Waals surface area contributed by atoms with E-state index >= 15 is 0 Å². The Morgan fingerprint density at radius 2 is 2.00 bits per heavy atom. The average Bonchev–Trinajstić information content (AvgIpc) is 2.74. The van der Waals surface area contributed by atoms with Crippen molar-refractivity contribution < 1.29 is 9.53 Å². The maximum absolute atomic E-state index is 11.8. The van der Waals surface area contributed by atoms with Crippen LogP contribution in [0.1, 0.15) is 45.4 Å². The molecule has 2 rings (SSSR count). The van der Waals surface area contributed by atoms with Crippen LogP contribution in [0.3, 0.4) is 0 Å². The second kappa shape index (κ2) is 5.67. The molecule has 1 heterocycles. The van der Waals surface area contributed by atoms with E-state index in [0.29, 0.717) is 18.4 Å². The zero-order chi connectivity index (χ0) is 11.4. The van der Waals surface area contributed by atoms with E-state index in [9.17, 15) is 4.79 Å². The van der Waals surface area contributed by atoms with Crippen LogP contribution in [0.2, 0.25) is 0 Å². The normalized spacial score (nSPS) is 31.6. The number of carbonyl (C=O) groups excluding carboxylic acids is 1. The van der Waals surface area contributed by atoms with Crippen LogP contribution in [0.4, 0.5) is 0 Å². The van der Waals surface area contributed by atoms with Crippen molar-refractivity contribution in [2.75, 3.05) is 13.2 Å². The lowest BCUT2D eigenvalue weighted by molar-refractivity contribution is -0.148. The molecule has 92 valence electrons. The molecule has 0 aromatic rings. The highest BCUT2D eigenvalue weighted by atomic mass is 16.5. The Labute approximate surface area is 97.9 Å². The first-order valence-electron chi connectivity index (χ1n) is 6.67. The summed E-state index contributed by atoms with van der Waals surface area (Å²) in [5.41, 5.74) is 0. The summed E-state index contributed by atoms with van der Waals surface area (Å²) < 4.78 is 5.43. The Morgan fingerprint density at radius 1 is 1.25 bits per heavy atom. The monoisotopic (exact) mass is 225 g/mol. The van der Waals surface area contributed by atoms with Crippen molar-refractivity contribution in [3.63, 3.8) is 0 Å². The summed E-state index contributed by atoms with van der Waals surface area (Å²) in [4.78, 5) is 11.8. The van der Waals surface area contributed by atoms with Crippen molar-refractivity contribution >= 4 is 5.97 Å². The summed E-state index contributed by atoms with van der Waals surface area (Å²) in [7, 11) is 0. The third-order valence-electron chi connectivity index (χ3n) is 3.97. The second-order valence-corrected chi connectivity index (χ2v) is 5.33. The lowest BCUT2D eigenvalue weighted by Gasteiger charge is -2.22. The van der Waals surface area contributed by atoms with Gasteiger partial charge >= 0.3 is 5.97 Å². The van der Waals surface area contributed by atoms with Gasteiger partial charge in [0.05, 0.1) is 6.61 Å². The highest BCUT2D eigenvalue weighted by Gasteiger charge is 2.31. The fraction of sp³-hybridized carbons (Fsp3) is 0.923. The summed E-state index contributed by atoms with van der Waals surface area (Å²) >= 11 is 0. The van der Waals surface area contributed by atoms with Gasteiger partial charge in [-0.1, -0.05) is 26.2 Å². The van der Waals surface area contributed by atoms with Crippen molar-refractivity contribution in [2.24, 2.45) is 11.8 Å². The zero-order valence-corrected chi connectivity index (χ0v) is 10.2. The minimum Gasteiger partial charge on any atom is -0.464 e. The van der Waals surface area contributed by atoms with E-state index in [2.05, 4.69) is 12.2 Å². The third kappa shape index (κ3) is 2.97. The predicted octanol–water partition coefficient (Wildman–Crippen LogP) is 2.11. The van der Waals surface area contributed by atoms with Crippen molar-refractivity contribution in [3.8, 4) is 0 Å². The first-order valence-corrected chi connectivity index (χ1v) is 6.67. The molecule has 2 fully saturated rings. The highest BCUT2D eigenvalue weighted by molar-refractivity contribution is 5.76. The van der Waals surface area contributed by atoms with E-state index < -0.39 is 0 Å². The zero-order valence-electron chi connectivity index (χ0n) is 10.2. The highest BCUT2D eigenvalue weighted by Crippen LogP contribution is 2.24. The molecule has 1 saturated heterocycles. The molecule has 1 N–H and O–H groups in total. The molecule has 1 aliphatic heterocycles. The van der Waals surface area contributed by atoms with Gasteiger partial charge in [-0.05, 0) is 37.6 Å². The fourth-order valence-corrected chi connectivity index (χ4v) is 2.79. The molecule has 2 unspecified atom stereocenters. The predicted molar refractivity (Wildman–Crippen MR) is 63.1 cm³/mol. The number of esters is 1. The van der Waals surface area contributed by atoms with Gasteiger partial charge in [0.25, 0.3) is 0 Å². The molecule has 2 atom stereocenters. The minimum absolute atomic E-state index is 0.0319. The van der Waals surface area contributed by atoms with Crippen LogP contribution in [0, 0.1) is 11.8 Å². The van der Waals surface area contributed by atoms with E-state index in [0.717, 1.165) is 13.0 Å². The smallest absolute Gasteiger partial charge is 0.323 e. The SMILES string of the molecule is CC1CCNC1C(=O)OCC1CCCCC1. The summed E-state index contributed by atoms with van der Waals surface area (Å²) in [6.07, 6.45) is 7.53. The van der Waals surface area contributed by atoms with Crippen molar-refractivity contribution in [2.45, 2.75) is 51.5 Å². The van der Waals surface area contributed by atoms with Crippen LogP contribution < -0.4 is 5.32 Å². The van der Waals surface area contributed by atoms with Gasteiger partial charge in [0.2, 0.25) is 0 Å². The maximum atomic E-state index is 11.8. The topological polar surface area (TPSA) is 38.3 Å². The van der Waals surface area contributed by atoms with Gasteiger partial charge in [0, 0.05) is 0 Å². The van der Waals surface area contributed by atoms with Crippen LogP contribution in [0.5, 0.6) is 0 Å². The molecule has 2 aliphatic rings. The van der Waals surface area contributed by atoms with Gasteiger partial charge in [0.15, 0.2) is 0 Å². The lowest BCUT2D eigenvalue weighted by atomic mass is 9.90. The van der Waals surface area contributed by atoms with E-state index in [1.165, 1.54) is 32.1 Å². The van der Waals surface area contributed by atoms with Gasteiger partial charge in [0.1, 0.15) is 6.04 Å². The summed E-state index contributed by atoms with van der Waals surface area (Å²) in [6.45, 7) is 3.71. The Kier molecular flexibility index (Phi) is 4.22. The van der Waals surface area contributed by atoms with Gasteiger partial charge in [-0.25, -0.2) is 0 Å². The quantitative estimate of drug-likeness (QED) is 0.748. The third-order valence-corrected chi connectivity index (χ3v) is 3.97. The second-order valence-electron chi connectivity index (χ2n) is 5.33. The molecule has 0 bridgehead atoms. The van der Waals surface area contributed by atoms with E-state index in [1.54, 1.807) is 0 Å². The number of nitrogens with one attached hydrogen (secondary N) is 1. The number of hydrogen-bond acceptors (Lipinski definition) is 3. The van der Waals surface area contributed by atoms with Crippen molar-refractivity contribution in [1.82, 2.24) is 5.32 Å². The molecular formula is C13H23NO2. The average molecular weight is 225 g/mol. The summed E-state index contributed by atoms with van der Waals surface area (Å²) in [5, 5.41) is 3.22. The molecule has 3 nitrogen and oxygen atoms in total. The maximum Gasteiger partial charge on any atom is 0.323 e. The van der Waals surface area contributed by atoms with Crippen LogP contribution in [-0.2, 0) is 9.53 Å². The van der Waals surface area contributed by atoms with E-state index in [1.807, 2.05) is 0 Å². The van der Waals surface area contributed by atoms with Crippen molar-refractivity contribution in [1.29, 1.82) is 0 Å². The number of rotatable bonds is 3. The lowest BCUT2D eigenvalue weighted by Crippen LogP contribution is -2.37. The first kappa shape index (κ1) is 11.9. The molecule has 16 heavy (non-hydrogen) atoms. The minimum atomic E-state index is -0.0522.